The molecule has 234 valence electrons. The highest BCUT2D eigenvalue weighted by Crippen LogP contribution is 2.36. The molecule has 1 unspecified atom stereocenters. The fraction of sp³-hybridized carbons (Fsp3) is 0.118. The van der Waals surface area contributed by atoms with Gasteiger partial charge in [-0.1, -0.05) is 40.2 Å². The summed E-state index contributed by atoms with van der Waals surface area (Å²) in [6, 6.07) is 26.1. The molecule has 9 nitrogen and oxygen atoms in total. The van der Waals surface area contributed by atoms with E-state index in [2.05, 4.69) is 49.2 Å². The first-order valence-electron chi connectivity index (χ1n) is 13.9. The topological polar surface area (TPSA) is 114 Å². The van der Waals surface area contributed by atoms with Crippen molar-refractivity contribution in [1.82, 2.24) is 5.32 Å². The van der Waals surface area contributed by atoms with Crippen molar-refractivity contribution in [3.8, 4) is 11.5 Å². The fourth-order valence-electron chi connectivity index (χ4n) is 4.65. The lowest BCUT2D eigenvalue weighted by atomic mass is 10.1. The van der Waals surface area contributed by atoms with Crippen LogP contribution in [0.25, 0.3) is 6.08 Å². The largest absolute Gasteiger partial charge is 0.493 e. The maximum absolute atomic E-state index is 13.7. The molecule has 4 aromatic carbocycles. The van der Waals surface area contributed by atoms with Crippen molar-refractivity contribution < 1.29 is 28.7 Å². The first-order valence-corrected chi connectivity index (χ1v) is 16.6. The van der Waals surface area contributed by atoms with Gasteiger partial charge in [0.2, 0.25) is 11.8 Å². The van der Waals surface area contributed by atoms with E-state index in [0.717, 1.165) is 3.57 Å². The molecule has 1 atom stereocenters. The lowest BCUT2D eigenvalue weighted by molar-refractivity contribution is -0.121. The van der Waals surface area contributed by atoms with Crippen molar-refractivity contribution >= 4 is 91.4 Å². The second kappa shape index (κ2) is 15.0. The normalized spacial score (nSPS) is 14.7. The van der Waals surface area contributed by atoms with Crippen LogP contribution >= 0.6 is 50.3 Å². The summed E-state index contributed by atoms with van der Waals surface area (Å²) in [5.74, 6) is -0.672. The highest BCUT2D eigenvalue weighted by Gasteiger charge is 2.40. The van der Waals surface area contributed by atoms with E-state index in [0.29, 0.717) is 43.4 Å². The molecular weight excluding hydrogens is 785 g/mol. The third-order valence-corrected chi connectivity index (χ3v) is 9.48. The summed E-state index contributed by atoms with van der Waals surface area (Å²) in [7, 11) is 3.02. The lowest BCUT2D eigenvalue weighted by Crippen LogP contribution is -2.31. The van der Waals surface area contributed by atoms with Gasteiger partial charge in [0.1, 0.15) is 5.70 Å². The predicted molar refractivity (Wildman–Crippen MR) is 190 cm³/mol. The number of imide groups is 1. The number of anilines is 2. The molecule has 0 spiro atoms. The van der Waals surface area contributed by atoms with Crippen LogP contribution in [0.4, 0.5) is 11.4 Å². The third kappa shape index (κ3) is 7.80. The van der Waals surface area contributed by atoms with E-state index in [1.165, 1.54) is 37.0 Å². The third-order valence-electron chi connectivity index (χ3n) is 6.89. The average Bonchev–Trinajstić information content (AvgIpc) is 3.33. The summed E-state index contributed by atoms with van der Waals surface area (Å²) in [5, 5.41) is 4.96. The standard InChI is InChI=1S/C34H27BrIN3O6S/c1-44-28-16-21(26(35)18-29(28)45-2)15-27(38-32(41)20-7-4-3-5-8-20)33(42)37-23-9-6-10-25(17-23)46-30-19-31(40)39(34(30)43)24-13-11-22(36)12-14-24/h3-18,30H,19H2,1-2H3,(H,37,42)(H,38,41). The molecule has 4 amide bonds. The van der Waals surface area contributed by atoms with Gasteiger partial charge in [-0.15, -0.1) is 11.8 Å². The van der Waals surface area contributed by atoms with Gasteiger partial charge in [-0.05, 0) is 101 Å². The molecule has 0 saturated carbocycles. The van der Waals surface area contributed by atoms with Crippen molar-refractivity contribution in [2.45, 2.75) is 16.6 Å². The van der Waals surface area contributed by atoms with Gasteiger partial charge in [-0.2, -0.15) is 0 Å². The molecule has 12 heteroatoms. The Morgan fingerprint density at radius 2 is 1.63 bits per heavy atom. The molecule has 0 radical (unpaired) electrons. The zero-order valence-corrected chi connectivity index (χ0v) is 29.1. The number of methoxy groups -OCH3 is 2. The van der Waals surface area contributed by atoms with Crippen molar-refractivity contribution in [2.24, 2.45) is 0 Å². The Labute approximate surface area is 292 Å². The van der Waals surface area contributed by atoms with E-state index >= 15 is 0 Å². The molecule has 0 aromatic heterocycles. The molecule has 4 aromatic rings. The number of nitrogens with one attached hydrogen (secondary N) is 2. The lowest BCUT2D eigenvalue weighted by Gasteiger charge is -2.15. The Morgan fingerprint density at radius 1 is 0.935 bits per heavy atom. The Balaban J connectivity index is 1.37. The first kappa shape index (κ1) is 33.2. The number of carbonyl (C=O) groups excluding carboxylic acids is 4. The second-order valence-corrected chi connectivity index (χ2v) is 13.3. The first-order chi connectivity index (χ1) is 22.2. The van der Waals surface area contributed by atoms with Gasteiger partial charge >= 0.3 is 0 Å². The number of carbonyl (C=O) groups is 4. The molecule has 5 rings (SSSR count). The van der Waals surface area contributed by atoms with Gasteiger partial charge < -0.3 is 20.1 Å². The maximum atomic E-state index is 13.7. The maximum Gasteiger partial charge on any atom is 0.272 e. The molecule has 46 heavy (non-hydrogen) atoms. The van der Waals surface area contributed by atoms with Crippen LogP contribution in [0.2, 0.25) is 0 Å². The van der Waals surface area contributed by atoms with Crippen molar-refractivity contribution in [1.29, 1.82) is 0 Å². The van der Waals surface area contributed by atoms with Crippen LogP contribution in [0.3, 0.4) is 0 Å². The van der Waals surface area contributed by atoms with Crippen LogP contribution in [0.15, 0.2) is 106 Å². The number of benzene rings is 4. The highest BCUT2D eigenvalue weighted by molar-refractivity contribution is 14.1. The average molecular weight is 812 g/mol. The number of thioether (sulfide) groups is 1. The molecule has 2 N–H and O–H groups in total. The fourth-order valence-corrected chi connectivity index (χ4v) is 6.56. The molecule has 1 fully saturated rings. The van der Waals surface area contributed by atoms with Crippen molar-refractivity contribution in [3.63, 3.8) is 0 Å². The molecule has 1 heterocycles. The number of ether oxygens (including phenoxy) is 2. The van der Waals surface area contributed by atoms with Gasteiger partial charge in [0.25, 0.3) is 11.8 Å². The number of hydrogen-bond donors (Lipinski definition) is 2. The second-order valence-electron chi connectivity index (χ2n) is 9.94. The Morgan fingerprint density at radius 3 is 2.33 bits per heavy atom. The monoisotopic (exact) mass is 811 g/mol. The summed E-state index contributed by atoms with van der Waals surface area (Å²) >= 11 is 6.93. The van der Waals surface area contributed by atoms with Gasteiger partial charge in [0.15, 0.2) is 11.5 Å². The van der Waals surface area contributed by atoms with Crippen LogP contribution in [-0.2, 0) is 14.4 Å². The van der Waals surface area contributed by atoms with Crippen molar-refractivity contribution in [2.75, 3.05) is 24.4 Å². The summed E-state index contributed by atoms with van der Waals surface area (Å²) in [4.78, 5) is 54.7. The Kier molecular flexibility index (Phi) is 10.8. The van der Waals surface area contributed by atoms with E-state index in [4.69, 9.17) is 9.47 Å². The molecule has 1 aliphatic rings. The van der Waals surface area contributed by atoms with Gasteiger partial charge in [0, 0.05) is 30.6 Å². The molecule has 0 bridgehead atoms. The minimum absolute atomic E-state index is 0.0236. The minimum Gasteiger partial charge on any atom is -0.493 e. The quantitative estimate of drug-likeness (QED) is 0.102. The van der Waals surface area contributed by atoms with Crippen LogP contribution in [-0.4, -0.2) is 43.1 Å². The van der Waals surface area contributed by atoms with E-state index in [9.17, 15) is 19.2 Å². The van der Waals surface area contributed by atoms with Crippen LogP contribution in [0, 0.1) is 3.57 Å². The summed E-state index contributed by atoms with van der Waals surface area (Å²) < 4.78 is 12.4. The molecule has 1 saturated heterocycles. The van der Waals surface area contributed by atoms with Crippen LogP contribution < -0.4 is 25.0 Å². The van der Waals surface area contributed by atoms with Crippen LogP contribution in [0.5, 0.6) is 11.5 Å². The number of rotatable bonds is 10. The Bertz CT molecular complexity index is 1830. The minimum atomic E-state index is -0.610. The van der Waals surface area contributed by atoms with E-state index in [-0.39, 0.29) is 23.9 Å². The molecule has 0 aliphatic carbocycles. The number of nitrogens with zero attached hydrogens (tertiary/aromatic N) is 1. The van der Waals surface area contributed by atoms with Gasteiger partial charge in [-0.25, -0.2) is 4.90 Å². The van der Waals surface area contributed by atoms with Crippen molar-refractivity contribution in [3.05, 3.63) is 116 Å². The number of amides is 4. The SMILES string of the molecule is COc1cc(Br)c(C=C(NC(=O)c2ccccc2)C(=O)Nc2cccc(SC3CC(=O)N(c4ccc(I)cc4)C3=O)c2)cc1OC. The van der Waals surface area contributed by atoms with Gasteiger partial charge in [0.05, 0.1) is 25.2 Å². The summed E-state index contributed by atoms with van der Waals surface area (Å²) in [6.45, 7) is 0. The molecule has 1 aliphatic heterocycles. The highest BCUT2D eigenvalue weighted by atomic mass is 127. The van der Waals surface area contributed by atoms with Gasteiger partial charge in [-0.3, -0.25) is 19.2 Å². The zero-order valence-electron chi connectivity index (χ0n) is 24.6. The van der Waals surface area contributed by atoms with E-state index < -0.39 is 17.1 Å². The smallest absolute Gasteiger partial charge is 0.272 e. The van der Waals surface area contributed by atoms with E-state index in [1.807, 2.05) is 12.1 Å². The summed E-state index contributed by atoms with van der Waals surface area (Å²) in [5.41, 5.74) is 1.89. The predicted octanol–water partition coefficient (Wildman–Crippen LogP) is 6.90. The van der Waals surface area contributed by atoms with E-state index in [1.54, 1.807) is 78.9 Å². The van der Waals surface area contributed by atoms with Crippen LogP contribution in [0.1, 0.15) is 22.3 Å². The number of halogens is 2. The number of hydrogen-bond acceptors (Lipinski definition) is 7. The summed E-state index contributed by atoms with van der Waals surface area (Å²) in [6.07, 6.45) is 1.59. The Hall–Kier alpha value is -4.14. The molecular formula is C34H27BrIN3O6S. The zero-order chi connectivity index (χ0) is 32.8.